The number of piperazine rings is 1. The number of rotatable bonds is 3. The van der Waals surface area contributed by atoms with Crippen molar-refractivity contribution in [3.05, 3.63) is 71.7 Å². The highest BCUT2D eigenvalue weighted by molar-refractivity contribution is 5.94. The summed E-state index contributed by atoms with van der Waals surface area (Å²) < 4.78 is 15.6. The molecule has 0 aliphatic carbocycles. The molecule has 3 aromatic rings. The minimum Gasteiger partial charge on any atom is -0.368 e. The lowest BCUT2D eigenvalue weighted by Gasteiger charge is -2.36. The van der Waals surface area contributed by atoms with Crippen molar-refractivity contribution < 1.29 is 9.18 Å². The Morgan fingerprint density at radius 1 is 1.00 bits per heavy atom. The molecule has 0 radical (unpaired) electrons. The van der Waals surface area contributed by atoms with Gasteiger partial charge in [0.1, 0.15) is 11.5 Å². The Balaban J connectivity index is 1.49. The Hall–Kier alpha value is -3.15. The van der Waals surface area contributed by atoms with Gasteiger partial charge in [0.15, 0.2) is 0 Å². The summed E-state index contributed by atoms with van der Waals surface area (Å²) in [5, 5.41) is 4.35. The van der Waals surface area contributed by atoms with Crippen LogP contribution in [0.4, 0.5) is 10.1 Å². The Labute approximate surface area is 164 Å². The monoisotopic (exact) mass is 378 g/mol. The number of benzene rings is 2. The van der Waals surface area contributed by atoms with Gasteiger partial charge in [-0.25, -0.2) is 4.39 Å². The summed E-state index contributed by atoms with van der Waals surface area (Å²) in [4.78, 5) is 17.2. The van der Waals surface area contributed by atoms with E-state index in [9.17, 15) is 9.18 Å². The van der Waals surface area contributed by atoms with Crippen LogP contribution in [0.2, 0.25) is 0 Å². The molecule has 1 fully saturated rings. The zero-order valence-electron chi connectivity index (χ0n) is 16.1. The van der Waals surface area contributed by atoms with Crippen molar-refractivity contribution in [2.75, 3.05) is 31.1 Å². The molecule has 28 heavy (non-hydrogen) atoms. The van der Waals surface area contributed by atoms with Crippen LogP contribution >= 0.6 is 0 Å². The number of hydrogen-bond acceptors (Lipinski definition) is 3. The molecule has 1 amide bonds. The molecule has 2 aromatic carbocycles. The van der Waals surface area contributed by atoms with Gasteiger partial charge in [0.2, 0.25) is 0 Å². The lowest BCUT2D eigenvalue weighted by Crippen LogP contribution is -2.49. The SMILES string of the molecule is Cc1ccccc1N1CCN(C(=O)c2cc(-c3ccccc3F)nn2C)CC1. The molecule has 1 aromatic heterocycles. The van der Waals surface area contributed by atoms with Gasteiger partial charge in [0.25, 0.3) is 5.91 Å². The number of carbonyl (C=O) groups is 1. The highest BCUT2D eigenvalue weighted by atomic mass is 19.1. The van der Waals surface area contributed by atoms with E-state index in [1.54, 1.807) is 31.3 Å². The lowest BCUT2D eigenvalue weighted by atomic mass is 10.1. The first-order valence-electron chi connectivity index (χ1n) is 9.43. The van der Waals surface area contributed by atoms with E-state index in [4.69, 9.17) is 0 Å². The highest BCUT2D eigenvalue weighted by Gasteiger charge is 2.25. The number of aryl methyl sites for hydroxylation is 2. The van der Waals surface area contributed by atoms with Crippen molar-refractivity contribution in [3.63, 3.8) is 0 Å². The van der Waals surface area contributed by atoms with E-state index in [0.29, 0.717) is 30.0 Å². The number of para-hydroxylation sites is 1. The second-order valence-electron chi connectivity index (χ2n) is 7.08. The zero-order valence-corrected chi connectivity index (χ0v) is 16.1. The number of hydrogen-bond donors (Lipinski definition) is 0. The van der Waals surface area contributed by atoms with Gasteiger partial charge in [-0.2, -0.15) is 5.10 Å². The summed E-state index contributed by atoms with van der Waals surface area (Å²) in [7, 11) is 1.72. The Kier molecular flexibility index (Phi) is 4.86. The normalized spacial score (nSPS) is 14.4. The highest BCUT2D eigenvalue weighted by Crippen LogP contribution is 2.24. The molecule has 0 spiro atoms. The Morgan fingerprint density at radius 2 is 1.68 bits per heavy atom. The maximum absolute atomic E-state index is 14.1. The summed E-state index contributed by atoms with van der Waals surface area (Å²) in [6.07, 6.45) is 0. The Morgan fingerprint density at radius 3 is 2.39 bits per heavy atom. The summed E-state index contributed by atoms with van der Waals surface area (Å²) in [5.74, 6) is -0.409. The summed E-state index contributed by atoms with van der Waals surface area (Å²) in [6, 6.07) is 16.5. The average Bonchev–Trinajstić information content (AvgIpc) is 3.10. The fourth-order valence-electron chi connectivity index (χ4n) is 3.70. The standard InChI is InChI=1S/C22H23FN4O/c1-16-7-3-6-10-20(16)26-11-13-27(14-12-26)22(28)21-15-19(24-25(21)2)17-8-4-5-9-18(17)23/h3-10,15H,11-14H2,1-2H3. The fraction of sp³-hybridized carbons (Fsp3) is 0.273. The number of carbonyl (C=O) groups excluding carboxylic acids is 1. The molecule has 0 saturated carbocycles. The largest absolute Gasteiger partial charge is 0.368 e. The van der Waals surface area contributed by atoms with E-state index >= 15 is 0 Å². The van der Waals surface area contributed by atoms with Crippen LogP contribution in [0, 0.1) is 12.7 Å². The van der Waals surface area contributed by atoms with Crippen LogP contribution in [-0.2, 0) is 7.05 Å². The fourth-order valence-corrected chi connectivity index (χ4v) is 3.70. The van der Waals surface area contributed by atoms with Crippen LogP contribution in [0.3, 0.4) is 0 Å². The first-order valence-corrected chi connectivity index (χ1v) is 9.43. The topological polar surface area (TPSA) is 41.4 Å². The van der Waals surface area contributed by atoms with E-state index in [0.717, 1.165) is 13.1 Å². The molecule has 6 heteroatoms. The molecular formula is C22H23FN4O. The van der Waals surface area contributed by atoms with Crippen molar-refractivity contribution in [1.82, 2.24) is 14.7 Å². The van der Waals surface area contributed by atoms with E-state index in [1.807, 2.05) is 17.0 Å². The molecule has 1 saturated heterocycles. The average molecular weight is 378 g/mol. The van der Waals surface area contributed by atoms with Crippen LogP contribution < -0.4 is 4.90 Å². The number of nitrogens with zero attached hydrogens (tertiary/aromatic N) is 4. The maximum atomic E-state index is 14.1. The molecule has 5 nitrogen and oxygen atoms in total. The first-order chi connectivity index (χ1) is 13.5. The second-order valence-corrected chi connectivity index (χ2v) is 7.08. The van der Waals surface area contributed by atoms with Gasteiger partial charge in [0, 0.05) is 44.5 Å². The van der Waals surface area contributed by atoms with Crippen molar-refractivity contribution >= 4 is 11.6 Å². The quantitative estimate of drug-likeness (QED) is 0.701. The lowest BCUT2D eigenvalue weighted by molar-refractivity contribution is 0.0735. The van der Waals surface area contributed by atoms with Crippen molar-refractivity contribution in [2.24, 2.45) is 7.05 Å². The first kappa shape index (κ1) is 18.2. The molecule has 0 N–H and O–H groups in total. The molecular weight excluding hydrogens is 355 g/mol. The third-order valence-corrected chi connectivity index (χ3v) is 5.27. The van der Waals surface area contributed by atoms with E-state index in [2.05, 4.69) is 29.1 Å². The number of aromatic nitrogens is 2. The summed E-state index contributed by atoms with van der Waals surface area (Å²) >= 11 is 0. The number of halogens is 1. The molecule has 0 atom stereocenters. The van der Waals surface area contributed by atoms with Crippen LogP contribution in [0.1, 0.15) is 16.1 Å². The summed E-state index contributed by atoms with van der Waals surface area (Å²) in [6.45, 7) is 4.97. The molecule has 0 bridgehead atoms. The van der Waals surface area contributed by atoms with E-state index in [-0.39, 0.29) is 11.7 Å². The van der Waals surface area contributed by atoms with Crippen LogP contribution in [0.25, 0.3) is 11.3 Å². The van der Waals surface area contributed by atoms with Crippen LogP contribution in [0.15, 0.2) is 54.6 Å². The second kappa shape index (κ2) is 7.46. The van der Waals surface area contributed by atoms with Crippen LogP contribution in [-0.4, -0.2) is 46.8 Å². The van der Waals surface area contributed by atoms with E-state index in [1.165, 1.54) is 22.0 Å². The van der Waals surface area contributed by atoms with E-state index < -0.39 is 0 Å². The number of amides is 1. The zero-order chi connectivity index (χ0) is 19.7. The van der Waals surface area contributed by atoms with Gasteiger partial charge in [-0.05, 0) is 36.8 Å². The summed E-state index contributed by atoms with van der Waals surface area (Å²) in [5.41, 5.74) is 3.81. The predicted octanol–water partition coefficient (Wildman–Crippen LogP) is 3.50. The maximum Gasteiger partial charge on any atom is 0.272 e. The third-order valence-electron chi connectivity index (χ3n) is 5.27. The predicted molar refractivity (Wildman–Crippen MR) is 108 cm³/mol. The minimum absolute atomic E-state index is 0.0676. The van der Waals surface area contributed by atoms with Gasteiger partial charge in [-0.3, -0.25) is 9.48 Å². The van der Waals surface area contributed by atoms with Gasteiger partial charge in [0.05, 0.1) is 5.69 Å². The van der Waals surface area contributed by atoms with Gasteiger partial charge in [-0.1, -0.05) is 30.3 Å². The molecule has 144 valence electrons. The van der Waals surface area contributed by atoms with Crippen LogP contribution in [0.5, 0.6) is 0 Å². The smallest absolute Gasteiger partial charge is 0.272 e. The van der Waals surface area contributed by atoms with Crippen molar-refractivity contribution in [2.45, 2.75) is 6.92 Å². The minimum atomic E-state index is -0.341. The third kappa shape index (κ3) is 3.38. The molecule has 1 aliphatic heterocycles. The molecule has 0 unspecified atom stereocenters. The molecule has 4 rings (SSSR count). The van der Waals surface area contributed by atoms with Gasteiger partial charge < -0.3 is 9.80 Å². The van der Waals surface area contributed by atoms with Gasteiger partial charge >= 0.3 is 0 Å². The van der Waals surface area contributed by atoms with Crippen molar-refractivity contribution in [1.29, 1.82) is 0 Å². The molecule has 2 heterocycles. The number of anilines is 1. The van der Waals surface area contributed by atoms with Gasteiger partial charge in [-0.15, -0.1) is 0 Å². The Bertz CT molecular complexity index is 1010. The molecule has 1 aliphatic rings. The van der Waals surface area contributed by atoms with Crippen molar-refractivity contribution in [3.8, 4) is 11.3 Å².